The molecule has 2 aliphatic rings. The summed E-state index contributed by atoms with van der Waals surface area (Å²) >= 11 is 0. The van der Waals surface area contributed by atoms with Gasteiger partial charge in [-0.05, 0) is 55.4 Å². The molecule has 0 aromatic heterocycles. The van der Waals surface area contributed by atoms with Crippen molar-refractivity contribution in [3.8, 4) is 0 Å². The number of benzene rings is 1. The number of hydrogen-bond acceptors (Lipinski definition) is 7. The summed E-state index contributed by atoms with van der Waals surface area (Å²) in [5.41, 5.74) is -0.656. The van der Waals surface area contributed by atoms with Crippen molar-refractivity contribution in [2.24, 2.45) is 28.6 Å². The van der Waals surface area contributed by atoms with E-state index in [1.165, 1.54) is 0 Å². The van der Waals surface area contributed by atoms with Crippen LogP contribution in [0.4, 0.5) is 4.79 Å². The van der Waals surface area contributed by atoms with Gasteiger partial charge in [-0.1, -0.05) is 78.3 Å². The van der Waals surface area contributed by atoms with Crippen molar-refractivity contribution in [3.63, 3.8) is 0 Å². The standard InChI is InChI=1S/C36H53N3O7/c1-10-14-23(30(43)25(40)17-18-27(42)37-20-22-15-12-11-13-16-22)19-26(41)29-28-24(36(28,8)9)21-39(29)32(44)31(34(2,3)4)38-33(45)46-35(5,6)7/h11-13,15-16,23-24,28-29,31H,10,14,17-21H2,1-9H3,(H,37,42)(H,38,45)/t23?,24-,28-,29+,31+/m0/s1. The fourth-order valence-electron chi connectivity index (χ4n) is 6.62. The Hall–Kier alpha value is -3.56. The van der Waals surface area contributed by atoms with E-state index in [1.807, 2.05) is 58.0 Å². The van der Waals surface area contributed by atoms with Crippen LogP contribution >= 0.6 is 0 Å². The van der Waals surface area contributed by atoms with E-state index in [0.29, 0.717) is 25.9 Å². The molecule has 10 nitrogen and oxygen atoms in total. The van der Waals surface area contributed by atoms with Crippen LogP contribution in [0.2, 0.25) is 0 Å². The number of piperidine rings is 1. The van der Waals surface area contributed by atoms with Crippen LogP contribution in [-0.2, 0) is 35.3 Å². The normalized spacial score (nSPS) is 21.4. The predicted molar refractivity (Wildman–Crippen MR) is 174 cm³/mol. The highest BCUT2D eigenvalue weighted by atomic mass is 16.6. The molecule has 1 aliphatic carbocycles. The molecule has 1 aromatic carbocycles. The zero-order valence-corrected chi connectivity index (χ0v) is 29.0. The van der Waals surface area contributed by atoms with Gasteiger partial charge in [0.15, 0.2) is 11.6 Å². The molecule has 5 atom stereocenters. The van der Waals surface area contributed by atoms with Gasteiger partial charge in [-0.2, -0.15) is 0 Å². The second kappa shape index (κ2) is 14.5. The van der Waals surface area contributed by atoms with Crippen LogP contribution < -0.4 is 10.6 Å². The number of alkyl carbamates (subject to hydrolysis) is 1. The third-order valence-electron chi connectivity index (χ3n) is 9.24. The van der Waals surface area contributed by atoms with E-state index >= 15 is 0 Å². The maximum Gasteiger partial charge on any atom is 0.408 e. The van der Waals surface area contributed by atoms with E-state index in [4.69, 9.17) is 4.74 Å². The summed E-state index contributed by atoms with van der Waals surface area (Å²) in [7, 11) is 0. The minimum Gasteiger partial charge on any atom is -0.444 e. The Morgan fingerprint density at radius 2 is 1.61 bits per heavy atom. The number of hydrogen-bond donors (Lipinski definition) is 2. The van der Waals surface area contributed by atoms with Crippen LogP contribution in [-0.4, -0.2) is 64.4 Å². The lowest BCUT2D eigenvalue weighted by Gasteiger charge is -2.38. The van der Waals surface area contributed by atoms with Gasteiger partial charge in [0.2, 0.25) is 17.6 Å². The molecular weight excluding hydrogens is 586 g/mol. The van der Waals surface area contributed by atoms with Gasteiger partial charge in [-0.3, -0.25) is 24.0 Å². The van der Waals surface area contributed by atoms with E-state index < -0.39 is 46.7 Å². The second-order valence-electron chi connectivity index (χ2n) is 15.5. The van der Waals surface area contributed by atoms with Crippen LogP contribution in [0.1, 0.15) is 100.0 Å². The lowest BCUT2D eigenvalue weighted by atomic mass is 9.84. The smallest absolute Gasteiger partial charge is 0.408 e. The van der Waals surface area contributed by atoms with E-state index in [2.05, 4.69) is 24.5 Å². The first-order valence-corrected chi connectivity index (χ1v) is 16.5. The van der Waals surface area contributed by atoms with Crippen molar-refractivity contribution < 1.29 is 33.5 Å². The molecule has 2 N–H and O–H groups in total. The van der Waals surface area contributed by atoms with Gasteiger partial charge in [-0.15, -0.1) is 0 Å². The number of carbonyl (C=O) groups excluding carboxylic acids is 6. The van der Waals surface area contributed by atoms with Gasteiger partial charge in [0.05, 0.1) is 6.04 Å². The quantitative estimate of drug-likeness (QED) is 0.273. The first-order chi connectivity index (χ1) is 21.3. The van der Waals surface area contributed by atoms with Crippen molar-refractivity contribution in [2.75, 3.05) is 6.54 Å². The minimum atomic E-state index is -0.944. The summed E-state index contributed by atoms with van der Waals surface area (Å²) in [6, 6.07) is 7.68. The first-order valence-electron chi connectivity index (χ1n) is 16.5. The number of carbonyl (C=O) groups is 6. The summed E-state index contributed by atoms with van der Waals surface area (Å²) in [4.78, 5) is 81.0. The van der Waals surface area contributed by atoms with Crippen molar-refractivity contribution >= 4 is 35.3 Å². The monoisotopic (exact) mass is 639 g/mol. The Kier molecular flexibility index (Phi) is 11.6. The molecule has 46 heavy (non-hydrogen) atoms. The average molecular weight is 640 g/mol. The Morgan fingerprint density at radius 3 is 2.17 bits per heavy atom. The maximum atomic E-state index is 14.1. The van der Waals surface area contributed by atoms with Gasteiger partial charge in [-0.25, -0.2) is 4.79 Å². The van der Waals surface area contributed by atoms with Crippen LogP contribution in [0.15, 0.2) is 30.3 Å². The molecule has 1 saturated carbocycles. The third kappa shape index (κ3) is 9.26. The average Bonchev–Trinajstić information content (AvgIpc) is 3.27. The topological polar surface area (TPSA) is 139 Å². The summed E-state index contributed by atoms with van der Waals surface area (Å²) < 4.78 is 5.43. The van der Waals surface area contributed by atoms with Crippen LogP contribution in [0.25, 0.3) is 0 Å². The van der Waals surface area contributed by atoms with Gasteiger partial charge < -0.3 is 20.3 Å². The van der Waals surface area contributed by atoms with E-state index in [0.717, 1.165) is 5.56 Å². The van der Waals surface area contributed by atoms with Crippen LogP contribution in [0.5, 0.6) is 0 Å². The Labute approximate surface area is 273 Å². The number of amides is 3. The molecule has 3 amide bonds. The lowest BCUT2D eigenvalue weighted by molar-refractivity contribution is -0.145. The number of rotatable bonds is 14. The molecule has 1 unspecified atom stereocenters. The maximum absolute atomic E-state index is 14.1. The molecule has 1 saturated heterocycles. The molecule has 1 aliphatic heterocycles. The van der Waals surface area contributed by atoms with Gasteiger partial charge in [0.1, 0.15) is 11.6 Å². The molecule has 254 valence electrons. The largest absolute Gasteiger partial charge is 0.444 e. The number of likely N-dealkylation sites (tertiary alicyclic amines) is 1. The molecule has 3 rings (SSSR count). The molecule has 1 aromatic rings. The molecule has 0 bridgehead atoms. The van der Waals surface area contributed by atoms with Crippen molar-refractivity contribution in [1.29, 1.82) is 0 Å². The number of nitrogens with one attached hydrogen (secondary N) is 2. The molecule has 2 fully saturated rings. The molecular formula is C36H53N3O7. The highest BCUT2D eigenvalue weighted by Crippen LogP contribution is 2.65. The van der Waals surface area contributed by atoms with Gasteiger partial charge in [0, 0.05) is 38.3 Å². The van der Waals surface area contributed by atoms with E-state index in [9.17, 15) is 28.8 Å². The van der Waals surface area contributed by atoms with E-state index in [1.54, 1.807) is 25.7 Å². The lowest BCUT2D eigenvalue weighted by Crippen LogP contribution is -2.58. The second-order valence-corrected chi connectivity index (χ2v) is 15.5. The van der Waals surface area contributed by atoms with Gasteiger partial charge in [0.25, 0.3) is 0 Å². The highest BCUT2D eigenvalue weighted by molar-refractivity contribution is 6.38. The summed E-state index contributed by atoms with van der Waals surface area (Å²) in [6.07, 6.45) is -0.291. The number of fused-ring (bicyclic) bond motifs is 1. The number of nitrogens with zero attached hydrogens (tertiary/aromatic N) is 1. The molecule has 10 heteroatoms. The van der Waals surface area contributed by atoms with Crippen LogP contribution in [0, 0.1) is 28.6 Å². The summed E-state index contributed by atoms with van der Waals surface area (Å²) in [6.45, 7) is 17.5. The summed E-state index contributed by atoms with van der Waals surface area (Å²) in [5, 5.41) is 5.50. The zero-order chi connectivity index (χ0) is 34.6. The first kappa shape index (κ1) is 36.9. The van der Waals surface area contributed by atoms with Crippen LogP contribution in [0.3, 0.4) is 0 Å². The SMILES string of the molecule is CCCC(CC(=O)[C@@H]1[C@@H]2[C@H](CN1C(=O)[C@@H](NC(=O)OC(C)(C)C)C(C)(C)C)C2(C)C)C(=O)C(=O)CCC(=O)NCc1ccccc1. The number of ketones is 3. The number of ether oxygens (including phenoxy) is 1. The van der Waals surface area contributed by atoms with Crippen molar-refractivity contribution in [2.45, 2.75) is 119 Å². The van der Waals surface area contributed by atoms with Crippen molar-refractivity contribution in [3.05, 3.63) is 35.9 Å². The fraction of sp³-hybridized carbons (Fsp3) is 0.667. The number of Topliss-reactive ketones (excluding diaryl/α,β-unsaturated/α-hetero) is 3. The zero-order valence-electron chi connectivity index (χ0n) is 29.0. The predicted octanol–water partition coefficient (Wildman–Crippen LogP) is 5.02. The van der Waals surface area contributed by atoms with E-state index in [-0.39, 0.29) is 54.1 Å². The Balaban J connectivity index is 1.70. The summed E-state index contributed by atoms with van der Waals surface area (Å²) in [5.74, 6) is -3.05. The Morgan fingerprint density at radius 1 is 0.978 bits per heavy atom. The van der Waals surface area contributed by atoms with Gasteiger partial charge >= 0.3 is 6.09 Å². The fourth-order valence-corrected chi connectivity index (χ4v) is 6.62. The third-order valence-corrected chi connectivity index (χ3v) is 9.24. The molecule has 0 spiro atoms. The molecule has 1 heterocycles. The highest BCUT2D eigenvalue weighted by Gasteiger charge is 2.69. The Bertz CT molecular complexity index is 1310. The van der Waals surface area contributed by atoms with Crippen molar-refractivity contribution in [1.82, 2.24) is 15.5 Å². The minimum absolute atomic E-state index is 0.0764. The molecule has 0 radical (unpaired) electrons.